The summed E-state index contributed by atoms with van der Waals surface area (Å²) >= 11 is 0.890. The van der Waals surface area contributed by atoms with Crippen LogP contribution >= 0.6 is 27.7 Å². The Morgan fingerprint density at radius 3 is 1.41 bits per heavy atom. The topological polar surface area (TPSA) is 17.1 Å². The number of benzene rings is 1. The molecule has 1 nitrogen and oxygen atoms in total. The lowest BCUT2D eigenvalue weighted by Crippen LogP contribution is -2.69. The van der Waals surface area contributed by atoms with Gasteiger partial charge in [0.15, 0.2) is 0 Å². The minimum absolute atomic E-state index is 0.247. The highest BCUT2D eigenvalue weighted by atomic mass is 79.9. The van der Waals surface area contributed by atoms with E-state index in [1.165, 1.54) is 0 Å². The lowest BCUT2D eigenvalue weighted by molar-refractivity contribution is -0.433. The lowest BCUT2D eigenvalue weighted by Gasteiger charge is -2.39. The van der Waals surface area contributed by atoms with Crippen LogP contribution in [0.4, 0.5) is 57.1 Å². The highest BCUT2D eigenvalue weighted by Gasteiger charge is 2.91. The van der Waals surface area contributed by atoms with Crippen LogP contribution in [0.25, 0.3) is 0 Å². The van der Waals surface area contributed by atoms with Crippen LogP contribution in [0, 0.1) is 0 Å². The molecule has 0 fully saturated rings. The van der Waals surface area contributed by atoms with Crippen LogP contribution in [-0.2, 0) is 0 Å². The zero-order valence-corrected chi connectivity index (χ0v) is 15.3. The summed E-state index contributed by atoms with van der Waals surface area (Å²) < 4.78 is 168. The molecule has 0 aliphatic rings. The van der Waals surface area contributed by atoms with Crippen molar-refractivity contribution in [2.45, 2.75) is 35.1 Å². The van der Waals surface area contributed by atoms with Gasteiger partial charge in [0.05, 0.1) is 0 Å². The van der Waals surface area contributed by atoms with E-state index in [0.29, 0.717) is 0 Å². The van der Waals surface area contributed by atoms with Crippen molar-refractivity contribution in [1.29, 1.82) is 0 Å². The van der Waals surface area contributed by atoms with Gasteiger partial charge in [0.2, 0.25) is 5.12 Å². The minimum Gasteiger partial charge on any atom is -0.281 e. The maximum atomic E-state index is 13.6. The van der Waals surface area contributed by atoms with Crippen LogP contribution in [0.1, 0.15) is 10.4 Å². The molecule has 1 aromatic carbocycles. The molecule has 166 valence electrons. The van der Waals surface area contributed by atoms with Crippen LogP contribution in [0.5, 0.6) is 0 Å². The molecule has 0 radical (unpaired) electrons. The predicted molar refractivity (Wildman–Crippen MR) is 76.9 cm³/mol. The van der Waals surface area contributed by atoms with E-state index in [4.69, 9.17) is 0 Å². The van der Waals surface area contributed by atoms with E-state index < -0.39 is 57.6 Å². The summed E-state index contributed by atoms with van der Waals surface area (Å²) in [6.45, 7) is 0. The van der Waals surface area contributed by atoms with Gasteiger partial charge in [-0.2, -0.15) is 57.1 Å². The largest absolute Gasteiger partial charge is 0.460 e. The Balaban J connectivity index is 3.34. The smallest absolute Gasteiger partial charge is 0.281 e. The van der Waals surface area contributed by atoms with Crippen molar-refractivity contribution in [2.75, 3.05) is 0 Å². The van der Waals surface area contributed by atoms with Crippen LogP contribution in [0.3, 0.4) is 0 Å². The number of hydrogen-bond acceptors (Lipinski definition) is 2. The number of alkyl halides is 13. The van der Waals surface area contributed by atoms with Crippen molar-refractivity contribution in [3.63, 3.8) is 0 Å². The molecule has 1 aromatic rings. The van der Waals surface area contributed by atoms with E-state index in [1.54, 1.807) is 0 Å². The summed E-state index contributed by atoms with van der Waals surface area (Å²) in [7, 11) is 0. The Labute approximate surface area is 164 Å². The molecule has 0 saturated carbocycles. The van der Waals surface area contributed by atoms with Gasteiger partial charge in [-0.05, 0) is 36.0 Å². The highest BCUT2D eigenvalue weighted by Crippen LogP contribution is 2.62. The van der Waals surface area contributed by atoms with Gasteiger partial charge in [0.25, 0.3) is 0 Å². The lowest BCUT2D eigenvalue weighted by atomic mass is 9.98. The molecule has 0 aliphatic carbocycles. The first kappa shape index (κ1) is 25.8. The molecule has 0 atom stereocenters. The Kier molecular flexibility index (Phi) is 6.68. The summed E-state index contributed by atoms with van der Waals surface area (Å²) in [6.07, 6.45) is -7.48. The molecule has 0 N–H and O–H groups in total. The predicted octanol–water partition coefficient (Wildman–Crippen LogP) is 7.02. The normalized spacial score (nSPS) is 14.8. The summed E-state index contributed by atoms with van der Waals surface area (Å²) in [4.78, 5) is 11.5. The second-order valence-corrected chi connectivity index (χ2v) is 7.21. The molecular weight excluding hydrogens is 531 g/mol. The SMILES string of the molecule is O=C(SC(F)(F)C(F)(F)C(F)(F)C(F)(F)C(F)(F)C(F)(F)F)c1ccc(Br)cc1. The molecule has 29 heavy (non-hydrogen) atoms. The first-order valence-electron chi connectivity index (χ1n) is 6.58. The molecule has 1 rings (SSSR count). The fourth-order valence-corrected chi connectivity index (χ4v) is 2.59. The second kappa shape index (κ2) is 7.50. The standard InChI is InChI=1S/C13H4BrF13OS/c14-6-3-1-5(2-4-6)7(28)29-13(26,27)11(21,22)9(17,18)8(15,16)10(19,20)12(23,24)25/h1-4H. The average molecular weight is 535 g/mol. The van der Waals surface area contributed by atoms with Gasteiger partial charge >= 0.3 is 35.1 Å². The second-order valence-electron chi connectivity index (χ2n) is 5.21. The minimum atomic E-state index is -7.99. The highest BCUT2D eigenvalue weighted by molar-refractivity contribution is 9.10. The van der Waals surface area contributed by atoms with Gasteiger partial charge in [-0.15, -0.1) is 0 Å². The van der Waals surface area contributed by atoms with Crippen LogP contribution in [-0.4, -0.2) is 40.2 Å². The molecule has 0 unspecified atom stereocenters. The quantitative estimate of drug-likeness (QED) is 0.365. The maximum absolute atomic E-state index is 13.6. The molecule has 0 aliphatic heterocycles. The van der Waals surface area contributed by atoms with Gasteiger partial charge < -0.3 is 0 Å². The monoisotopic (exact) mass is 534 g/mol. The molecule has 16 heteroatoms. The molecule has 0 aromatic heterocycles. The van der Waals surface area contributed by atoms with E-state index >= 15 is 0 Å². The van der Waals surface area contributed by atoms with Gasteiger partial charge in [0.1, 0.15) is 0 Å². The molecule has 0 spiro atoms. The first-order valence-corrected chi connectivity index (χ1v) is 8.19. The Morgan fingerprint density at radius 1 is 0.655 bits per heavy atom. The van der Waals surface area contributed by atoms with Gasteiger partial charge in [-0.25, -0.2) is 0 Å². The summed E-state index contributed by atoms with van der Waals surface area (Å²) in [5, 5.41) is -8.59. The Morgan fingerprint density at radius 2 is 1.03 bits per heavy atom. The maximum Gasteiger partial charge on any atom is 0.460 e. The van der Waals surface area contributed by atoms with Crippen LogP contribution in [0.15, 0.2) is 28.7 Å². The van der Waals surface area contributed by atoms with Crippen molar-refractivity contribution in [3.8, 4) is 0 Å². The van der Waals surface area contributed by atoms with E-state index in [-0.39, 0.29) is 4.47 Å². The third-order valence-electron chi connectivity index (χ3n) is 3.21. The summed E-state index contributed by atoms with van der Waals surface area (Å²) in [5.41, 5.74) is -0.815. The fraction of sp³-hybridized carbons (Fsp3) is 0.462. The number of halogens is 14. The average Bonchev–Trinajstić information content (AvgIpc) is 2.53. The third-order valence-corrected chi connectivity index (χ3v) is 4.67. The van der Waals surface area contributed by atoms with Gasteiger partial charge in [0, 0.05) is 10.0 Å². The van der Waals surface area contributed by atoms with Crippen molar-refractivity contribution in [2.24, 2.45) is 0 Å². The van der Waals surface area contributed by atoms with E-state index in [1.807, 2.05) is 0 Å². The fourth-order valence-electron chi connectivity index (χ4n) is 1.58. The molecule has 0 amide bonds. The van der Waals surface area contributed by atoms with Gasteiger partial charge in [-0.3, -0.25) is 4.79 Å². The Bertz CT molecular complexity index is 757. The van der Waals surface area contributed by atoms with E-state index in [9.17, 15) is 61.9 Å². The van der Waals surface area contributed by atoms with Crippen LogP contribution in [0.2, 0.25) is 0 Å². The van der Waals surface area contributed by atoms with Gasteiger partial charge in [-0.1, -0.05) is 15.9 Å². The van der Waals surface area contributed by atoms with E-state index in [2.05, 4.69) is 15.9 Å². The number of carbonyl (C=O) groups is 1. The number of rotatable bonds is 6. The number of hydrogen-bond donors (Lipinski definition) is 0. The molecule has 0 heterocycles. The number of carbonyl (C=O) groups excluding carboxylic acids is 1. The molecule has 0 saturated heterocycles. The summed E-state index contributed by atoms with van der Waals surface area (Å²) in [5.74, 6) is -31.2. The summed E-state index contributed by atoms with van der Waals surface area (Å²) in [6, 6.07) is 3.46. The van der Waals surface area contributed by atoms with Crippen molar-refractivity contribution in [1.82, 2.24) is 0 Å². The zero-order valence-electron chi connectivity index (χ0n) is 12.9. The number of thioether (sulfide) groups is 1. The van der Waals surface area contributed by atoms with Crippen LogP contribution < -0.4 is 0 Å². The third kappa shape index (κ3) is 4.18. The molecule has 0 bridgehead atoms. The zero-order chi connectivity index (χ0) is 23.3. The van der Waals surface area contributed by atoms with E-state index in [0.717, 1.165) is 24.3 Å². The van der Waals surface area contributed by atoms with Crippen molar-refractivity contribution < 1.29 is 61.9 Å². The Hall–Kier alpha value is -1.19. The molecular formula is C13H4BrF13OS. The first-order chi connectivity index (χ1) is 12.6. The van der Waals surface area contributed by atoms with Crippen molar-refractivity contribution in [3.05, 3.63) is 34.3 Å². The van der Waals surface area contributed by atoms with Crippen molar-refractivity contribution >= 4 is 32.8 Å².